The Morgan fingerprint density at radius 2 is 2.08 bits per heavy atom. The number of rotatable bonds is 6. The van der Waals surface area contributed by atoms with Crippen LogP contribution in [0.5, 0.6) is 5.75 Å². The molecule has 1 atom stereocenters. The van der Waals surface area contributed by atoms with Crippen LogP contribution >= 0.6 is 11.3 Å². The number of carbonyl (C=O) groups is 2. The second-order valence-corrected chi connectivity index (χ2v) is 6.21. The number of hydrogen-bond acceptors (Lipinski definition) is 5. The summed E-state index contributed by atoms with van der Waals surface area (Å²) in [5.41, 5.74) is 1.38. The molecule has 0 radical (unpaired) electrons. The van der Waals surface area contributed by atoms with Crippen LogP contribution < -0.4 is 15.4 Å². The maximum absolute atomic E-state index is 12.0. The minimum atomic E-state index is -0.774. The molecule has 1 aromatic heterocycles. The molecule has 0 saturated heterocycles. The number of benzene rings is 1. The molecular weight excluding hydrogens is 328 g/mol. The number of aryl methyl sites for hydroxylation is 1. The van der Waals surface area contributed by atoms with Crippen LogP contribution in [0.2, 0.25) is 0 Å². The van der Waals surface area contributed by atoms with Gasteiger partial charge in [0.15, 0.2) is 0 Å². The third kappa shape index (κ3) is 4.81. The number of aliphatic hydroxyl groups is 1. The fourth-order valence-electron chi connectivity index (χ4n) is 2.12. The Balaban J connectivity index is 1.84. The number of hydrogen-bond donors (Lipinski definition) is 3. The van der Waals surface area contributed by atoms with E-state index in [-0.39, 0.29) is 6.54 Å². The van der Waals surface area contributed by atoms with Gasteiger partial charge in [-0.05, 0) is 42.5 Å². The maximum atomic E-state index is 12.0. The summed E-state index contributed by atoms with van der Waals surface area (Å²) in [6.07, 6.45) is -0.307. The van der Waals surface area contributed by atoms with Crippen molar-refractivity contribution in [2.24, 2.45) is 0 Å². The lowest BCUT2D eigenvalue weighted by molar-refractivity contribution is -0.136. The van der Waals surface area contributed by atoms with Crippen molar-refractivity contribution in [3.8, 4) is 5.75 Å². The molecule has 7 heteroatoms. The first-order valence-electron chi connectivity index (χ1n) is 7.46. The van der Waals surface area contributed by atoms with E-state index in [4.69, 9.17) is 4.74 Å². The van der Waals surface area contributed by atoms with Crippen molar-refractivity contribution in [3.05, 3.63) is 46.2 Å². The van der Waals surface area contributed by atoms with Gasteiger partial charge < -0.3 is 20.5 Å². The fraction of sp³-hybridized carbons (Fsp3) is 0.294. The van der Waals surface area contributed by atoms with Crippen LogP contribution in [0, 0.1) is 6.92 Å². The van der Waals surface area contributed by atoms with Crippen LogP contribution in [-0.2, 0) is 9.59 Å². The third-order valence-corrected chi connectivity index (χ3v) is 4.36. The zero-order valence-corrected chi connectivity index (χ0v) is 14.4. The number of ether oxygens (including phenoxy) is 1. The Morgan fingerprint density at radius 3 is 2.75 bits per heavy atom. The van der Waals surface area contributed by atoms with Gasteiger partial charge in [0.2, 0.25) is 0 Å². The van der Waals surface area contributed by atoms with Gasteiger partial charge >= 0.3 is 11.8 Å². The van der Waals surface area contributed by atoms with E-state index in [1.54, 1.807) is 12.1 Å². The monoisotopic (exact) mass is 348 g/mol. The predicted molar refractivity (Wildman–Crippen MR) is 93.3 cm³/mol. The van der Waals surface area contributed by atoms with Gasteiger partial charge in [0, 0.05) is 11.4 Å². The molecule has 2 aromatic rings. The average Bonchev–Trinajstić information content (AvgIpc) is 3.09. The van der Waals surface area contributed by atoms with Crippen LogP contribution in [0.15, 0.2) is 35.7 Å². The molecule has 1 heterocycles. The first-order chi connectivity index (χ1) is 11.5. The van der Waals surface area contributed by atoms with Gasteiger partial charge in [-0.2, -0.15) is 0 Å². The molecule has 24 heavy (non-hydrogen) atoms. The lowest BCUT2D eigenvalue weighted by Crippen LogP contribution is -2.36. The summed E-state index contributed by atoms with van der Waals surface area (Å²) in [5.74, 6) is -1.05. The van der Waals surface area contributed by atoms with Crippen LogP contribution in [0.1, 0.15) is 23.0 Å². The van der Waals surface area contributed by atoms with Crippen molar-refractivity contribution in [2.75, 3.05) is 19.0 Å². The lowest BCUT2D eigenvalue weighted by atomic mass is 10.2. The van der Waals surface area contributed by atoms with E-state index >= 15 is 0 Å². The van der Waals surface area contributed by atoms with E-state index in [2.05, 4.69) is 10.6 Å². The topological polar surface area (TPSA) is 87.7 Å². The van der Waals surface area contributed by atoms with Crippen molar-refractivity contribution in [1.82, 2.24) is 5.32 Å². The molecule has 1 aromatic carbocycles. The molecule has 2 rings (SSSR count). The van der Waals surface area contributed by atoms with E-state index < -0.39 is 17.9 Å². The largest absolute Gasteiger partial charge is 0.495 e. The first-order valence-corrected chi connectivity index (χ1v) is 8.34. The Kier molecular flexibility index (Phi) is 6.34. The highest BCUT2D eigenvalue weighted by atomic mass is 32.1. The van der Waals surface area contributed by atoms with Crippen LogP contribution in [0.25, 0.3) is 0 Å². The smallest absolute Gasteiger partial charge is 0.313 e. The zero-order valence-electron chi connectivity index (χ0n) is 13.5. The van der Waals surface area contributed by atoms with Crippen molar-refractivity contribution in [3.63, 3.8) is 0 Å². The lowest BCUT2D eigenvalue weighted by Gasteiger charge is -2.12. The van der Waals surface area contributed by atoms with Gasteiger partial charge in [0.25, 0.3) is 0 Å². The summed E-state index contributed by atoms with van der Waals surface area (Å²) in [4.78, 5) is 24.6. The van der Waals surface area contributed by atoms with E-state index in [0.717, 1.165) is 10.4 Å². The molecule has 128 valence electrons. The predicted octanol–water partition coefficient (Wildman–Crippen LogP) is 2.24. The molecule has 0 aliphatic rings. The summed E-state index contributed by atoms with van der Waals surface area (Å²) in [5, 5.41) is 16.8. The van der Waals surface area contributed by atoms with Crippen molar-refractivity contribution >= 4 is 28.8 Å². The molecule has 0 saturated carbocycles. The summed E-state index contributed by atoms with van der Waals surface area (Å²) < 4.78 is 5.16. The molecule has 6 nitrogen and oxygen atoms in total. The molecule has 0 aliphatic carbocycles. The summed E-state index contributed by atoms with van der Waals surface area (Å²) in [7, 11) is 1.49. The minimum absolute atomic E-state index is 0.205. The first kappa shape index (κ1) is 18.0. The van der Waals surface area contributed by atoms with Gasteiger partial charge in [-0.25, -0.2) is 0 Å². The minimum Gasteiger partial charge on any atom is -0.495 e. The number of amides is 2. The van der Waals surface area contributed by atoms with Gasteiger partial charge in [0.1, 0.15) is 5.75 Å². The van der Waals surface area contributed by atoms with Crippen molar-refractivity contribution < 1.29 is 19.4 Å². The molecule has 0 spiro atoms. The maximum Gasteiger partial charge on any atom is 0.313 e. The summed E-state index contributed by atoms with van der Waals surface area (Å²) in [6, 6.07) is 8.98. The number of nitrogens with one attached hydrogen (secondary N) is 2. The molecule has 3 N–H and O–H groups in total. The van der Waals surface area contributed by atoms with Gasteiger partial charge in [0.05, 0.1) is 18.9 Å². The Bertz CT molecular complexity index is 701. The molecule has 2 amide bonds. The highest BCUT2D eigenvalue weighted by Gasteiger charge is 2.16. The third-order valence-electron chi connectivity index (χ3n) is 3.38. The van der Waals surface area contributed by atoms with Crippen LogP contribution in [-0.4, -0.2) is 30.6 Å². The summed E-state index contributed by atoms with van der Waals surface area (Å²) in [6.45, 7) is 2.08. The molecule has 0 bridgehead atoms. The normalized spacial score (nSPS) is 11.6. The molecule has 0 unspecified atom stereocenters. The Labute approximate surface area is 144 Å². The van der Waals surface area contributed by atoms with Crippen molar-refractivity contribution in [2.45, 2.75) is 19.4 Å². The second kappa shape index (κ2) is 8.47. The zero-order chi connectivity index (χ0) is 17.5. The number of methoxy groups -OCH3 is 1. The average molecular weight is 348 g/mol. The van der Waals surface area contributed by atoms with E-state index in [0.29, 0.717) is 17.9 Å². The van der Waals surface area contributed by atoms with Gasteiger partial charge in [-0.15, -0.1) is 11.3 Å². The number of aliphatic hydroxyl groups excluding tert-OH is 1. The SMILES string of the molecule is COc1ccc(C)cc1NC(=O)C(=O)NCC[C@@H](O)c1cccs1. The quantitative estimate of drug-likeness (QED) is 0.699. The van der Waals surface area contributed by atoms with E-state index in [1.165, 1.54) is 18.4 Å². The van der Waals surface area contributed by atoms with E-state index in [1.807, 2.05) is 30.5 Å². The number of anilines is 1. The van der Waals surface area contributed by atoms with Gasteiger partial charge in [-0.1, -0.05) is 12.1 Å². The number of thiophene rings is 1. The standard InChI is InChI=1S/C17H20N2O4S/c1-11-5-6-14(23-2)12(10-11)19-17(22)16(21)18-8-7-13(20)15-4-3-9-24-15/h3-6,9-10,13,20H,7-8H2,1-2H3,(H,18,21)(H,19,22)/t13-/m1/s1. The molecule has 0 fully saturated rings. The van der Waals surface area contributed by atoms with Crippen LogP contribution in [0.3, 0.4) is 0 Å². The van der Waals surface area contributed by atoms with Crippen molar-refractivity contribution in [1.29, 1.82) is 0 Å². The Hall–Kier alpha value is -2.38. The van der Waals surface area contributed by atoms with Crippen LogP contribution in [0.4, 0.5) is 5.69 Å². The summed E-state index contributed by atoms with van der Waals surface area (Å²) >= 11 is 1.45. The number of carbonyl (C=O) groups excluding carboxylic acids is 2. The Morgan fingerprint density at radius 1 is 1.29 bits per heavy atom. The van der Waals surface area contributed by atoms with E-state index in [9.17, 15) is 14.7 Å². The molecular formula is C17H20N2O4S. The highest BCUT2D eigenvalue weighted by molar-refractivity contribution is 7.10. The molecule has 0 aliphatic heterocycles. The highest BCUT2D eigenvalue weighted by Crippen LogP contribution is 2.25. The van der Waals surface area contributed by atoms with Gasteiger partial charge in [-0.3, -0.25) is 9.59 Å². The second-order valence-electron chi connectivity index (χ2n) is 5.23. The fourth-order valence-corrected chi connectivity index (χ4v) is 2.87.